The van der Waals surface area contributed by atoms with Crippen molar-refractivity contribution < 1.29 is 9.53 Å². The van der Waals surface area contributed by atoms with Gasteiger partial charge < -0.3 is 14.6 Å². The van der Waals surface area contributed by atoms with Gasteiger partial charge in [-0.1, -0.05) is 25.1 Å². The van der Waals surface area contributed by atoms with E-state index in [0.29, 0.717) is 24.9 Å². The Morgan fingerprint density at radius 2 is 2.24 bits per heavy atom. The van der Waals surface area contributed by atoms with Crippen molar-refractivity contribution in [3.63, 3.8) is 0 Å². The summed E-state index contributed by atoms with van der Waals surface area (Å²) in [6.07, 6.45) is 2.36. The predicted molar refractivity (Wildman–Crippen MR) is 118 cm³/mol. The third kappa shape index (κ3) is 4.22. The number of nitrogens with one attached hydrogen (secondary N) is 1. The average molecular weight is 413 g/mol. The van der Waals surface area contributed by atoms with Crippen molar-refractivity contribution in [2.75, 3.05) is 33.4 Å². The van der Waals surface area contributed by atoms with Crippen molar-refractivity contribution >= 4 is 28.1 Å². The lowest BCUT2D eigenvalue weighted by Crippen LogP contribution is -2.40. The van der Waals surface area contributed by atoms with E-state index in [4.69, 9.17) is 4.74 Å². The van der Waals surface area contributed by atoms with Crippen LogP contribution in [-0.4, -0.2) is 59.8 Å². The zero-order valence-corrected chi connectivity index (χ0v) is 17.9. The minimum absolute atomic E-state index is 0.0880. The van der Waals surface area contributed by atoms with Gasteiger partial charge in [0.2, 0.25) is 0 Å². The van der Waals surface area contributed by atoms with Crippen LogP contribution < -0.4 is 5.32 Å². The molecule has 0 spiro atoms. The third-order valence-electron chi connectivity index (χ3n) is 5.69. The van der Waals surface area contributed by atoms with Gasteiger partial charge >= 0.3 is 0 Å². The van der Waals surface area contributed by atoms with Gasteiger partial charge in [-0.2, -0.15) is 0 Å². The van der Waals surface area contributed by atoms with E-state index in [-0.39, 0.29) is 5.91 Å². The number of para-hydroxylation sites is 1. The van der Waals surface area contributed by atoms with Crippen LogP contribution in [0.1, 0.15) is 30.3 Å². The normalized spacial score (nSPS) is 17.2. The van der Waals surface area contributed by atoms with Crippen LogP contribution in [0.3, 0.4) is 0 Å². The Labute approximate surface area is 175 Å². The van der Waals surface area contributed by atoms with E-state index in [0.717, 1.165) is 42.3 Å². The Hall–Kier alpha value is -2.22. The largest absolute Gasteiger partial charge is 0.383 e. The summed E-state index contributed by atoms with van der Waals surface area (Å²) >= 11 is 1.51. The van der Waals surface area contributed by atoms with Gasteiger partial charge in [0.1, 0.15) is 10.7 Å². The van der Waals surface area contributed by atoms with Gasteiger partial charge in [-0.05, 0) is 38.1 Å². The number of benzene rings is 1. The van der Waals surface area contributed by atoms with Gasteiger partial charge in [0.15, 0.2) is 0 Å². The summed E-state index contributed by atoms with van der Waals surface area (Å²) in [5, 5.41) is 6.97. The number of ether oxygens (including phenoxy) is 1. The lowest BCUT2D eigenvalue weighted by Gasteiger charge is -2.22. The molecule has 1 N–H and O–H groups in total. The number of nitrogens with zero attached hydrogens (tertiary/aromatic N) is 3. The third-order valence-corrected chi connectivity index (χ3v) is 6.55. The molecule has 1 atom stereocenters. The van der Waals surface area contributed by atoms with Crippen molar-refractivity contribution in [3.05, 3.63) is 41.4 Å². The lowest BCUT2D eigenvalue weighted by atomic mass is 10.2. The Bertz CT molecular complexity index is 980. The maximum absolute atomic E-state index is 12.7. The van der Waals surface area contributed by atoms with E-state index in [1.54, 1.807) is 7.11 Å². The van der Waals surface area contributed by atoms with E-state index in [1.165, 1.54) is 23.1 Å². The van der Waals surface area contributed by atoms with Crippen LogP contribution in [0.2, 0.25) is 0 Å². The fraction of sp³-hybridized carbons (Fsp3) is 0.455. The number of fused-ring (bicyclic) bond motifs is 1. The Morgan fingerprint density at radius 3 is 3.07 bits per heavy atom. The van der Waals surface area contributed by atoms with E-state index in [9.17, 15) is 4.79 Å². The number of likely N-dealkylation sites (tertiary alicyclic amines) is 1. The van der Waals surface area contributed by atoms with Gasteiger partial charge in [0.25, 0.3) is 5.91 Å². The highest BCUT2D eigenvalue weighted by Gasteiger charge is 2.24. The van der Waals surface area contributed by atoms with Crippen LogP contribution in [0, 0.1) is 0 Å². The number of carbonyl (C=O) groups is 1. The molecule has 0 aliphatic carbocycles. The summed E-state index contributed by atoms with van der Waals surface area (Å²) in [4.78, 5) is 19.7. The molecular weight excluding hydrogens is 384 g/mol. The first-order valence-electron chi connectivity index (χ1n) is 10.3. The Morgan fingerprint density at radius 1 is 1.38 bits per heavy atom. The van der Waals surface area contributed by atoms with Gasteiger partial charge in [-0.25, -0.2) is 4.98 Å². The zero-order chi connectivity index (χ0) is 20.2. The Balaban J connectivity index is 1.52. The number of methoxy groups -OCH3 is 1. The van der Waals surface area contributed by atoms with Crippen LogP contribution in [-0.2, 0) is 11.3 Å². The first kappa shape index (κ1) is 20.1. The topological polar surface area (TPSA) is 59.4 Å². The monoisotopic (exact) mass is 412 g/mol. The summed E-state index contributed by atoms with van der Waals surface area (Å²) in [6.45, 7) is 6.40. The predicted octanol–water partition coefficient (Wildman–Crippen LogP) is 3.63. The first-order valence-corrected chi connectivity index (χ1v) is 11.1. The molecule has 7 heteroatoms. The fourth-order valence-corrected chi connectivity index (χ4v) is 4.97. The van der Waals surface area contributed by atoms with Crippen LogP contribution in [0.5, 0.6) is 0 Å². The number of aromatic nitrogens is 2. The molecule has 6 nitrogen and oxygen atoms in total. The van der Waals surface area contributed by atoms with Gasteiger partial charge in [0, 0.05) is 42.5 Å². The summed E-state index contributed by atoms with van der Waals surface area (Å²) < 4.78 is 7.51. The van der Waals surface area contributed by atoms with Crippen molar-refractivity contribution in [1.82, 2.24) is 19.8 Å². The van der Waals surface area contributed by atoms with Crippen molar-refractivity contribution in [3.8, 4) is 10.7 Å². The van der Waals surface area contributed by atoms with E-state index in [2.05, 4.69) is 44.9 Å². The molecule has 3 aromatic rings. The number of carbonyl (C=O) groups excluding carboxylic acids is 1. The van der Waals surface area contributed by atoms with Crippen LogP contribution in [0.25, 0.3) is 21.6 Å². The molecular formula is C22H28N4O2S. The summed E-state index contributed by atoms with van der Waals surface area (Å²) in [5.74, 6) is -0.0880. The molecule has 3 heterocycles. The van der Waals surface area contributed by atoms with E-state index >= 15 is 0 Å². The number of likely N-dealkylation sites (N-methyl/N-ethyl adjacent to an activating group) is 1. The molecule has 1 amide bonds. The molecule has 1 fully saturated rings. The molecule has 0 bridgehead atoms. The molecule has 1 saturated heterocycles. The minimum Gasteiger partial charge on any atom is -0.383 e. The molecule has 1 aromatic carbocycles. The molecule has 29 heavy (non-hydrogen) atoms. The van der Waals surface area contributed by atoms with E-state index in [1.807, 2.05) is 17.5 Å². The van der Waals surface area contributed by atoms with Gasteiger partial charge in [0.05, 0.1) is 12.3 Å². The van der Waals surface area contributed by atoms with Crippen molar-refractivity contribution in [2.45, 2.75) is 32.4 Å². The SMILES string of the molecule is CCN1CCCC1CNC(=O)c1csc(-c2cc3ccccc3n2CCOC)n1. The van der Waals surface area contributed by atoms with Gasteiger partial charge in [-0.15, -0.1) is 11.3 Å². The highest BCUT2D eigenvalue weighted by Crippen LogP contribution is 2.30. The van der Waals surface area contributed by atoms with Crippen LogP contribution in [0.15, 0.2) is 35.7 Å². The van der Waals surface area contributed by atoms with E-state index < -0.39 is 0 Å². The molecule has 0 radical (unpaired) electrons. The first-order chi connectivity index (χ1) is 14.2. The standard InChI is InChI=1S/C22H28N4O2S/c1-3-25-10-6-8-17(25)14-23-21(27)18-15-29-22(24-18)20-13-16-7-4-5-9-19(16)26(20)11-12-28-2/h4-5,7,9,13,15,17H,3,6,8,10-12,14H2,1-2H3,(H,23,27). The maximum Gasteiger partial charge on any atom is 0.270 e. The number of hydrogen-bond acceptors (Lipinski definition) is 5. The zero-order valence-electron chi connectivity index (χ0n) is 17.1. The summed E-state index contributed by atoms with van der Waals surface area (Å²) in [6, 6.07) is 10.9. The number of hydrogen-bond donors (Lipinski definition) is 1. The number of amides is 1. The molecule has 0 saturated carbocycles. The van der Waals surface area contributed by atoms with Gasteiger partial charge in [-0.3, -0.25) is 9.69 Å². The molecule has 1 unspecified atom stereocenters. The molecule has 1 aliphatic rings. The second-order valence-electron chi connectivity index (χ2n) is 7.41. The summed E-state index contributed by atoms with van der Waals surface area (Å²) in [7, 11) is 1.71. The highest BCUT2D eigenvalue weighted by atomic mass is 32.1. The molecule has 2 aromatic heterocycles. The second-order valence-corrected chi connectivity index (χ2v) is 8.26. The molecule has 1 aliphatic heterocycles. The molecule has 4 rings (SSSR count). The smallest absolute Gasteiger partial charge is 0.270 e. The summed E-state index contributed by atoms with van der Waals surface area (Å²) in [5.41, 5.74) is 2.68. The fourth-order valence-electron chi connectivity index (χ4n) is 4.15. The lowest BCUT2D eigenvalue weighted by molar-refractivity contribution is 0.0937. The molecule has 154 valence electrons. The van der Waals surface area contributed by atoms with Crippen LogP contribution >= 0.6 is 11.3 Å². The number of rotatable bonds is 8. The second kappa shape index (κ2) is 9.07. The van der Waals surface area contributed by atoms with Crippen molar-refractivity contribution in [2.24, 2.45) is 0 Å². The minimum atomic E-state index is -0.0880. The number of thiazole rings is 1. The Kier molecular flexibility index (Phi) is 6.28. The van der Waals surface area contributed by atoms with Crippen molar-refractivity contribution in [1.29, 1.82) is 0 Å². The van der Waals surface area contributed by atoms with Crippen LogP contribution in [0.4, 0.5) is 0 Å². The quantitative estimate of drug-likeness (QED) is 0.614. The average Bonchev–Trinajstić information content (AvgIpc) is 3.48. The highest BCUT2D eigenvalue weighted by molar-refractivity contribution is 7.13. The maximum atomic E-state index is 12.7.